The lowest BCUT2D eigenvalue weighted by molar-refractivity contribution is 0.956. The van der Waals surface area contributed by atoms with Gasteiger partial charge in [-0.25, -0.2) is 9.97 Å². The second-order valence-corrected chi connectivity index (χ2v) is 2.82. The van der Waals surface area contributed by atoms with E-state index in [-0.39, 0.29) is 22.9 Å². The Hall–Kier alpha value is -1.23. The highest BCUT2D eigenvalue weighted by Crippen LogP contribution is 2.08. The van der Waals surface area contributed by atoms with Crippen LogP contribution < -0.4 is 0 Å². The zero-order valence-corrected chi connectivity index (χ0v) is 7.75. The number of rotatable bonds is 1. The van der Waals surface area contributed by atoms with Crippen molar-refractivity contribution in [1.82, 2.24) is 19.5 Å². The van der Waals surface area contributed by atoms with Crippen LogP contribution >= 0.6 is 15.9 Å². The van der Waals surface area contributed by atoms with Gasteiger partial charge in [0.15, 0.2) is 5.82 Å². The number of hydrogen-bond donors (Lipinski definition) is 0. The number of halogens is 1. The van der Waals surface area contributed by atoms with Crippen LogP contribution in [0.3, 0.4) is 0 Å². The first kappa shape index (κ1) is 3.49. The third-order valence-electron chi connectivity index (χ3n) is 1.20. The van der Waals surface area contributed by atoms with Crippen molar-refractivity contribution in [3.8, 4) is 5.82 Å². The Labute approximate surface area is 93.6 Å². The average molecular weight is 246 g/mol. The number of hydrogen-bond acceptors (Lipinski definition) is 3. The van der Waals surface area contributed by atoms with E-state index in [9.17, 15) is 0 Å². The fraction of sp³-hybridized carbons (Fsp3) is 0.125. The summed E-state index contributed by atoms with van der Waals surface area (Å²) in [6.07, 6.45) is -1.77. The maximum absolute atomic E-state index is 7.71. The van der Waals surface area contributed by atoms with Gasteiger partial charge < -0.3 is 0 Å². The molecule has 0 fully saturated rings. The lowest BCUT2D eigenvalue weighted by Crippen LogP contribution is -1.95. The van der Waals surface area contributed by atoms with Crippen molar-refractivity contribution < 1.29 is 9.60 Å². The smallest absolute Gasteiger partial charge is 0.156 e. The Balaban J connectivity index is 2.69. The maximum Gasteiger partial charge on any atom is 0.156 e. The first-order chi connectivity index (χ1) is 9.12. The van der Waals surface area contributed by atoms with Crippen LogP contribution in [0, 0.1) is 6.85 Å². The normalized spacial score (nSPS) is 19.0. The molecule has 0 bridgehead atoms. The van der Waals surface area contributed by atoms with Crippen LogP contribution in [0.15, 0.2) is 29.4 Å². The molecule has 0 saturated heterocycles. The molecule has 2 heterocycles. The van der Waals surface area contributed by atoms with Gasteiger partial charge in [-0.3, -0.25) is 9.55 Å². The van der Waals surface area contributed by atoms with Gasteiger partial charge in [0, 0.05) is 10.3 Å². The van der Waals surface area contributed by atoms with E-state index in [0.717, 1.165) is 4.57 Å². The van der Waals surface area contributed by atoms with E-state index in [0.29, 0.717) is 0 Å². The highest BCUT2D eigenvalue weighted by Gasteiger charge is 1.98. The fourth-order valence-electron chi connectivity index (χ4n) is 0.698. The van der Waals surface area contributed by atoms with Gasteiger partial charge in [0.25, 0.3) is 0 Å². The monoisotopic (exact) mass is 245 g/mol. The molecule has 0 N–H and O–H groups in total. The standard InChI is InChI=1S/C8H7BrN4/c1-6-2-11-8(3-10-6)13-4-7(9)12-5-13/h2-5H,1H3/i1D3,2D,3D,4D,5D. The molecule has 0 aliphatic carbocycles. The second kappa shape index (κ2) is 3.26. The van der Waals surface area contributed by atoms with E-state index < -0.39 is 24.9 Å². The summed E-state index contributed by atoms with van der Waals surface area (Å²) < 4.78 is 53.1. The van der Waals surface area contributed by atoms with E-state index >= 15 is 0 Å². The number of imidazole rings is 1. The summed E-state index contributed by atoms with van der Waals surface area (Å²) in [7, 11) is 0. The SMILES string of the molecule is [2H]c1nc(C([2H])([2H])[2H])c([2H])nc1-n1c([2H])nc(Br)c1[2H]. The largest absolute Gasteiger partial charge is 0.288 e. The van der Waals surface area contributed by atoms with Crippen molar-refractivity contribution in [2.24, 2.45) is 0 Å². The number of aryl methyl sites for hydroxylation is 1. The molecule has 0 aliphatic rings. The Kier molecular flexibility index (Phi) is 0.875. The first-order valence-corrected chi connectivity index (χ1v) is 3.99. The van der Waals surface area contributed by atoms with E-state index in [1.54, 1.807) is 0 Å². The summed E-state index contributed by atoms with van der Waals surface area (Å²) in [5.41, 5.74) is -0.594. The summed E-state index contributed by atoms with van der Waals surface area (Å²) in [6.45, 7) is -2.65. The third kappa shape index (κ3) is 1.75. The quantitative estimate of drug-likeness (QED) is 0.769. The highest BCUT2D eigenvalue weighted by atomic mass is 79.9. The van der Waals surface area contributed by atoms with Gasteiger partial charge in [-0.15, -0.1) is 0 Å². The average Bonchev–Trinajstić information content (AvgIpc) is 2.55. The molecule has 0 spiro atoms. The number of aromatic nitrogens is 4. The molecule has 0 aliphatic heterocycles. The van der Waals surface area contributed by atoms with Crippen LogP contribution in [-0.2, 0) is 0 Å². The summed E-state index contributed by atoms with van der Waals surface area (Å²) in [5.74, 6) is -0.281. The minimum Gasteiger partial charge on any atom is -0.288 e. The van der Waals surface area contributed by atoms with Crippen molar-refractivity contribution in [2.45, 2.75) is 6.85 Å². The first-order valence-electron chi connectivity index (χ1n) is 6.70. The molecule has 13 heavy (non-hydrogen) atoms. The molecule has 0 aromatic carbocycles. The molecule has 2 rings (SSSR count). The Morgan fingerprint density at radius 3 is 3.08 bits per heavy atom. The van der Waals surface area contributed by atoms with Crippen molar-refractivity contribution in [3.63, 3.8) is 0 Å². The van der Waals surface area contributed by atoms with Crippen molar-refractivity contribution in [1.29, 1.82) is 0 Å². The summed E-state index contributed by atoms with van der Waals surface area (Å²) in [6, 6.07) is 0. The molecule has 0 atom stereocenters. The van der Waals surface area contributed by atoms with Gasteiger partial charge in [0.05, 0.1) is 22.2 Å². The Bertz CT molecular complexity index is 680. The molecule has 0 radical (unpaired) electrons. The Morgan fingerprint density at radius 1 is 1.46 bits per heavy atom. The lowest BCUT2D eigenvalue weighted by atomic mass is 10.5. The predicted molar refractivity (Wildman–Crippen MR) is 51.6 cm³/mol. The van der Waals surface area contributed by atoms with Crippen LogP contribution in [0.1, 0.15) is 15.3 Å². The molecule has 66 valence electrons. The lowest BCUT2D eigenvalue weighted by Gasteiger charge is -1.98. The van der Waals surface area contributed by atoms with Crippen molar-refractivity contribution in [3.05, 3.63) is 35.1 Å². The Morgan fingerprint density at radius 2 is 2.38 bits per heavy atom. The van der Waals surface area contributed by atoms with E-state index in [4.69, 9.17) is 9.60 Å². The minimum absolute atomic E-state index is 0.0788. The van der Waals surface area contributed by atoms with Crippen LogP contribution in [-0.4, -0.2) is 19.5 Å². The molecule has 0 saturated carbocycles. The van der Waals surface area contributed by atoms with Gasteiger partial charge in [-0.1, -0.05) is 0 Å². The predicted octanol–water partition coefficient (Wildman–Crippen LogP) is 1.73. The second-order valence-electron chi connectivity index (χ2n) is 2.07. The topological polar surface area (TPSA) is 43.6 Å². The van der Waals surface area contributed by atoms with Crippen LogP contribution in [0.4, 0.5) is 0 Å². The van der Waals surface area contributed by atoms with Gasteiger partial charge in [-0.2, -0.15) is 0 Å². The van der Waals surface area contributed by atoms with Crippen LogP contribution in [0.5, 0.6) is 0 Å². The van der Waals surface area contributed by atoms with E-state index in [2.05, 4.69) is 30.9 Å². The van der Waals surface area contributed by atoms with Gasteiger partial charge in [0.2, 0.25) is 0 Å². The zero-order valence-electron chi connectivity index (χ0n) is 13.2. The molecule has 4 nitrogen and oxygen atoms in total. The van der Waals surface area contributed by atoms with E-state index in [1.807, 2.05) is 0 Å². The molecule has 2 aromatic rings. The van der Waals surface area contributed by atoms with Crippen LogP contribution in [0.25, 0.3) is 5.82 Å². The number of nitrogens with zero attached hydrogens (tertiary/aromatic N) is 4. The molecule has 0 amide bonds. The summed E-state index contributed by atoms with van der Waals surface area (Å²) in [4.78, 5) is 10.9. The van der Waals surface area contributed by atoms with Crippen molar-refractivity contribution in [2.75, 3.05) is 0 Å². The molecular weight excluding hydrogens is 232 g/mol. The van der Waals surface area contributed by atoms with Crippen molar-refractivity contribution >= 4 is 15.9 Å². The molecule has 0 unspecified atom stereocenters. The fourth-order valence-corrected chi connectivity index (χ4v) is 0.955. The third-order valence-corrected chi connectivity index (χ3v) is 1.55. The van der Waals surface area contributed by atoms with Gasteiger partial charge in [0.1, 0.15) is 12.3 Å². The summed E-state index contributed by atoms with van der Waals surface area (Å²) >= 11 is 2.97. The minimum atomic E-state index is -2.65. The van der Waals surface area contributed by atoms with Gasteiger partial charge in [-0.05, 0) is 22.8 Å². The molecule has 5 heteroatoms. The molecule has 2 aromatic heterocycles. The van der Waals surface area contributed by atoms with Crippen LogP contribution in [0.2, 0.25) is 0 Å². The van der Waals surface area contributed by atoms with E-state index in [1.165, 1.54) is 0 Å². The summed E-state index contributed by atoms with van der Waals surface area (Å²) in [5, 5.41) is 0. The zero-order chi connectivity index (χ0) is 15.2. The molecular formula is C8H7BrN4. The van der Waals surface area contributed by atoms with Gasteiger partial charge >= 0.3 is 0 Å². The maximum atomic E-state index is 7.71. The highest BCUT2D eigenvalue weighted by molar-refractivity contribution is 9.10.